The van der Waals surface area contributed by atoms with Gasteiger partial charge < -0.3 is 5.11 Å². The third-order valence-electron chi connectivity index (χ3n) is 5.59. The highest BCUT2D eigenvalue weighted by Crippen LogP contribution is 2.40. The fourth-order valence-corrected chi connectivity index (χ4v) is 4.20. The molecule has 0 aromatic heterocycles. The van der Waals surface area contributed by atoms with E-state index in [1.165, 1.54) is 33.4 Å². The largest absolute Gasteiger partial charge is 0.512 e. The highest BCUT2D eigenvalue weighted by atomic mass is 16.3. The number of allylic oxidation sites excluding steroid dienone is 1. The van der Waals surface area contributed by atoms with E-state index < -0.39 is 0 Å². The number of benzene rings is 2. The van der Waals surface area contributed by atoms with Crippen molar-refractivity contribution in [3.05, 3.63) is 64.4 Å². The van der Waals surface area contributed by atoms with Gasteiger partial charge in [0.15, 0.2) is 0 Å². The summed E-state index contributed by atoms with van der Waals surface area (Å²) >= 11 is 0. The van der Waals surface area contributed by atoms with Crippen LogP contribution in [0.25, 0.3) is 17.2 Å². The van der Waals surface area contributed by atoms with Crippen LogP contribution in [0.4, 0.5) is 0 Å². The van der Waals surface area contributed by atoms with E-state index in [1.54, 1.807) is 0 Å². The topological polar surface area (TPSA) is 20.2 Å². The molecule has 1 atom stereocenters. The molecule has 0 amide bonds. The predicted molar refractivity (Wildman–Crippen MR) is 103 cm³/mol. The molecule has 1 unspecified atom stereocenters. The van der Waals surface area contributed by atoms with Crippen molar-refractivity contribution < 1.29 is 5.11 Å². The summed E-state index contributed by atoms with van der Waals surface area (Å²) in [7, 11) is 0. The van der Waals surface area contributed by atoms with E-state index in [2.05, 4.69) is 64.1 Å². The first-order valence-electron chi connectivity index (χ1n) is 9.15. The smallest absolute Gasteiger partial charge is 0.0965 e. The van der Waals surface area contributed by atoms with Crippen molar-refractivity contribution in [2.75, 3.05) is 0 Å². The van der Waals surface area contributed by atoms with Crippen LogP contribution in [-0.4, -0.2) is 5.11 Å². The van der Waals surface area contributed by atoms with Gasteiger partial charge in [0.25, 0.3) is 0 Å². The first-order chi connectivity index (χ1) is 11.5. The van der Waals surface area contributed by atoms with Crippen molar-refractivity contribution in [1.82, 2.24) is 0 Å². The Balaban J connectivity index is 2.14. The molecular weight excluding hydrogens is 292 g/mol. The zero-order chi connectivity index (χ0) is 17.3. The lowest BCUT2D eigenvalue weighted by Crippen LogP contribution is -2.22. The van der Waals surface area contributed by atoms with Crippen LogP contribution in [0.1, 0.15) is 48.9 Å². The van der Waals surface area contributed by atoms with Gasteiger partial charge in [-0.15, -0.1) is 0 Å². The minimum atomic E-state index is 0.248. The van der Waals surface area contributed by atoms with Crippen molar-refractivity contribution in [3.8, 4) is 11.1 Å². The maximum absolute atomic E-state index is 10.6. The van der Waals surface area contributed by atoms with Crippen LogP contribution in [0, 0.1) is 25.7 Å². The normalized spacial score (nSPS) is 16.9. The fourth-order valence-electron chi connectivity index (χ4n) is 4.20. The first-order valence-corrected chi connectivity index (χ1v) is 9.15. The average molecular weight is 320 g/mol. The number of fused-ring (bicyclic) bond motifs is 1. The lowest BCUT2D eigenvalue weighted by Gasteiger charge is -2.31. The van der Waals surface area contributed by atoms with Gasteiger partial charge in [-0.05, 0) is 60.1 Å². The van der Waals surface area contributed by atoms with Crippen LogP contribution < -0.4 is 0 Å². The van der Waals surface area contributed by atoms with E-state index in [4.69, 9.17) is 0 Å². The number of hydrogen-bond acceptors (Lipinski definition) is 1. The number of rotatable bonds is 4. The molecule has 126 valence electrons. The molecule has 1 N–H and O–H groups in total. The third-order valence-corrected chi connectivity index (χ3v) is 5.59. The number of aliphatic hydroxyl groups is 1. The van der Waals surface area contributed by atoms with Crippen molar-refractivity contribution >= 4 is 6.08 Å². The highest BCUT2D eigenvalue weighted by molar-refractivity contribution is 5.77. The van der Waals surface area contributed by atoms with Gasteiger partial charge in [-0.3, -0.25) is 0 Å². The maximum atomic E-state index is 10.6. The Kier molecular flexibility index (Phi) is 4.80. The monoisotopic (exact) mass is 320 g/mol. The molecule has 0 fully saturated rings. The average Bonchev–Trinajstić information content (AvgIpc) is 2.56. The van der Waals surface area contributed by atoms with E-state index in [9.17, 15) is 5.11 Å². The second-order valence-corrected chi connectivity index (χ2v) is 7.15. The predicted octanol–water partition coefficient (Wildman–Crippen LogP) is 6.48. The minimum Gasteiger partial charge on any atom is -0.512 e. The van der Waals surface area contributed by atoms with Gasteiger partial charge in [0.1, 0.15) is 0 Å². The zero-order valence-electron chi connectivity index (χ0n) is 15.3. The SMILES string of the molecule is CCC(CC)C1Cc2c(ccc(C)c2-c2cccc(C)c2)C=C1O. The number of aliphatic hydroxyl groups excluding tert-OH is 1. The van der Waals surface area contributed by atoms with Crippen molar-refractivity contribution in [2.45, 2.75) is 47.0 Å². The molecule has 1 aliphatic carbocycles. The molecule has 0 bridgehead atoms. The van der Waals surface area contributed by atoms with Gasteiger partial charge in [-0.1, -0.05) is 68.7 Å². The first kappa shape index (κ1) is 16.8. The highest BCUT2D eigenvalue weighted by Gasteiger charge is 2.29. The van der Waals surface area contributed by atoms with E-state index in [0.717, 1.165) is 19.3 Å². The van der Waals surface area contributed by atoms with E-state index in [0.29, 0.717) is 11.7 Å². The summed E-state index contributed by atoms with van der Waals surface area (Å²) in [5, 5.41) is 10.6. The van der Waals surface area contributed by atoms with Crippen LogP contribution in [0.15, 0.2) is 42.2 Å². The molecular formula is C23H28O. The zero-order valence-corrected chi connectivity index (χ0v) is 15.3. The molecule has 2 aromatic rings. The van der Waals surface area contributed by atoms with Gasteiger partial charge in [0.05, 0.1) is 5.76 Å². The van der Waals surface area contributed by atoms with Crippen LogP contribution in [0.3, 0.4) is 0 Å². The van der Waals surface area contributed by atoms with Gasteiger partial charge in [-0.2, -0.15) is 0 Å². The van der Waals surface area contributed by atoms with Crippen LogP contribution in [0.5, 0.6) is 0 Å². The summed E-state index contributed by atoms with van der Waals surface area (Å²) in [5.41, 5.74) is 7.83. The molecule has 24 heavy (non-hydrogen) atoms. The molecule has 2 aromatic carbocycles. The summed E-state index contributed by atoms with van der Waals surface area (Å²) in [6.45, 7) is 8.80. The Hall–Kier alpha value is -2.02. The Morgan fingerprint density at radius 3 is 2.50 bits per heavy atom. The van der Waals surface area contributed by atoms with Crippen molar-refractivity contribution in [3.63, 3.8) is 0 Å². The van der Waals surface area contributed by atoms with Crippen molar-refractivity contribution in [1.29, 1.82) is 0 Å². The molecule has 0 saturated carbocycles. The molecule has 1 aliphatic rings. The summed E-state index contributed by atoms with van der Waals surface area (Å²) in [5.74, 6) is 1.35. The summed E-state index contributed by atoms with van der Waals surface area (Å²) in [6, 6.07) is 13.1. The summed E-state index contributed by atoms with van der Waals surface area (Å²) in [6.07, 6.45) is 5.16. The van der Waals surface area contributed by atoms with Crippen LogP contribution >= 0.6 is 0 Å². The summed E-state index contributed by atoms with van der Waals surface area (Å²) < 4.78 is 0. The fraction of sp³-hybridized carbons (Fsp3) is 0.391. The number of hydrogen-bond donors (Lipinski definition) is 1. The molecule has 0 aliphatic heterocycles. The molecule has 3 rings (SSSR count). The third kappa shape index (κ3) is 3.00. The van der Waals surface area contributed by atoms with Crippen LogP contribution in [-0.2, 0) is 6.42 Å². The van der Waals surface area contributed by atoms with Gasteiger partial charge in [0, 0.05) is 5.92 Å². The molecule has 1 heteroatoms. The quantitative estimate of drug-likeness (QED) is 0.683. The van der Waals surface area contributed by atoms with Crippen molar-refractivity contribution in [2.24, 2.45) is 11.8 Å². The Morgan fingerprint density at radius 1 is 1.08 bits per heavy atom. The summed E-state index contributed by atoms with van der Waals surface area (Å²) in [4.78, 5) is 0. The molecule has 0 heterocycles. The van der Waals surface area contributed by atoms with Gasteiger partial charge in [-0.25, -0.2) is 0 Å². The Morgan fingerprint density at radius 2 is 1.83 bits per heavy atom. The number of aryl methyl sites for hydroxylation is 2. The van der Waals surface area contributed by atoms with Gasteiger partial charge in [0.2, 0.25) is 0 Å². The van der Waals surface area contributed by atoms with E-state index in [1.807, 2.05) is 6.08 Å². The van der Waals surface area contributed by atoms with E-state index in [-0.39, 0.29) is 5.92 Å². The Labute approximate surface area is 146 Å². The molecule has 0 radical (unpaired) electrons. The molecule has 0 saturated heterocycles. The van der Waals surface area contributed by atoms with Gasteiger partial charge >= 0.3 is 0 Å². The van der Waals surface area contributed by atoms with Crippen LogP contribution in [0.2, 0.25) is 0 Å². The van der Waals surface area contributed by atoms with E-state index >= 15 is 0 Å². The second kappa shape index (κ2) is 6.84. The lowest BCUT2D eigenvalue weighted by atomic mass is 9.75. The Bertz CT molecular complexity index is 766. The minimum absolute atomic E-state index is 0.248. The standard InChI is InChI=1S/C23H28O/c1-5-17(6-2)20-14-21-18(13-22(20)24)11-10-16(4)23(21)19-9-7-8-15(3)12-19/h7-13,17,20,24H,5-6,14H2,1-4H3. The molecule has 1 nitrogen and oxygen atoms in total. The second-order valence-electron chi connectivity index (χ2n) is 7.15. The molecule has 0 spiro atoms. The lowest BCUT2D eigenvalue weighted by molar-refractivity contribution is 0.248. The maximum Gasteiger partial charge on any atom is 0.0965 e.